The minimum absolute atomic E-state index is 0.228. The van der Waals surface area contributed by atoms with Crippen LogP contribution in [0.4, 0.5) is 0 Å². The zero-order valence-electron chi connectivity index (χ0n) is 9.90. The lowest BCUT2D eigenvalue weighted by Gasteiger charge is -2.21. The van der Waals surface area contributed by atoms with Crippen molar-refractivity contribution in [3.05, 3.63) is 18.0 Å². The van der Waals surface area contributed by atoms with E-state index in [-0.39, 0.29) is 11.5 Å². The zero-order chi connectivity index (χ0) is 11.1. The summed E-state index contributed by atoms with van der Waals surface area (Å²) in [6.07, 6.45) is 4.34. The van der Waals surface area contributed by atoms with E-state index in [9.17, 15) is 0 Å². The van der Waals surface area contributed by atoms with Crippen molar-refractivity contribution in [2.24, 2.45) is 11.7 Å². The molecular formula is C12H21N3. The number of hydrogen-bond acceptors (Lipinski definition) is 2. The van der Waals surface area contributed by atoms with Crippen LogP contribution in [0.3, 0.4) is 0 Å². The highest BCUT2D eigenvalue weighted by atomic mass is 15.3. The zero-order valence-corrected chi connectivity index (χ0v) is 9.90. The normalized spacial score (nSPS) is 20.6. The maximum atomic E-state index is 6.08. The monoisotopic (exact) mass is 207 g/mol. The first kappa shape index (κ1) is 10.7. The summed E-state index contributed by atoms with van der Waals surface area (Å²) >= 11 is 0. The molecule has 1 heterocycles. The van der Waals surface area contributed by atoms with Gasteiger partial charge in [0, 0.05) is 29.9 Å². The van der Waals surface area contributed by atoms with Gasteiger partial charge in [0.05, 0.1) is 0 Å². The third kappa shape index (κ3) is 1.81. The first-order valence-corrected chi connectivity index (χ1v) is 5.84. The molecule has 1 atom stereocenters. The standard InChI is InChI=1S/C12H21N3/c1-9(2)8-15-11(4-7-14-15)12(5-6-12)10(3)13/h4,7,9-10H,5-6,8,13H2,1-3H3. The highest BCUT2D eigenvalue weighted by Crippen LogP contribution is 2.50. The molecule has 1 aromatic rings. The van der Waals surface area contributed by atoms with E-state index < -0.39 is 0 Å². The van der Waals surface area contributed by atoms with Crippen molar-refractivity contribution in [1.82, 2.24) is 9.78 Å². The topological polar surface area (TPSA) is 43.8 Å². The summed E-state index contributed by atoms with van der Waals surface area (Å²) < 4.78 is 2.14. The van der Waals surface area contributed by atoms with Crippen molar-refractivity contribution < 1.29 is 0 Å². The molecule has 0 radical (unpaired) electrons. The summed E-state index contributed by atoms with van der Waals surface area (Å²) in [7, 11) is 0. The lowest BCUT2D eigenvalue weighted by Crippen LogP contribution is -2.34. The van der Waals surface area contributed by atoms with Gasteiger partial charge in [-0.05, 0) is 31.7 Å². The second kappa shape index (κ2) is 3.63. The smallest absolute Gasteiger partial charge is 0.0492 e. The fourth-order valence-electron chi connectivity index (χ4n) is 2.33. The number of nitrogens with two attached hydrogens (primary N) is 1. The molecule has 3 heteroatoms. The van der Waals surface area contributed by atoms with Gasteiger partial charge in [-0.25, -0.2) is 0 Å². The largest absolute Gasteiger partial charge is 0.327 e. The fourth-order valence-corrected chi connectivity index (χ4v) is 2.33. The molecule has 3 nitrogen and oxygen atoms in total. The highest BCUT2D eigenvalue weighted by molar-refractivity contribution is 5.27. The molecule has 84 valence electrons. The van der Waals surface area contributed by atoms with E-state index in [4.69, 9.17) is 5.73 Å². The molecule has 2 N–H and O–H groups in total. The van der Waals surface area contributed by atoms with E-state index in [2.05, 4.69) is 36.6 Å². The molecule has 0 saturated heterocycles. The summed E-state index contributed by atoms with van der Waals surface area (Å²) in [6, 6.07) is 2.37. The van der Waals surface area contributed by atoms with Gasteiger partial charge < -0.3 is 5.73 Å². The maximum absolute atomic E-state index is 6.08. The Balaban J connectivity index is 2.25. The van der Waals surface area contributed by atoms with Gasteiger partial charge in [-0.15, -0.1) is 0 Å². The quantitative estimate of drug-likeness (QED) is 0.819. The molecule has 1 saturated carbocycles. The van der Waals surface area contributed by atoms with Gasteiger partial charge in [0.2, 0.25) is 0 Å². The number of aromatic nitrogens is 2. The predicted octanol–water partition coefficient (Wildman–Crippen LogP) is 1.92. The molecule has 1 fully saturated rings. The average Bonchev–Trinajstić information content (AvgIpc) is 2.83. The molecule has 0 aromatic carbocycles. The van der Waals surface area contributed by atoms with Crippen LogP contribution >= 0.6 is 0 Å². The van der Waals surface area contributed by atoms with Crippen LogP contribution in [0.25, 0.3) is 0 Å². The van der Waals surface area contributed by atoms with Crippen LogP contribution in [-0.2, 0) is 12.0 Å². The first-order valence-electron chi connectivity index (χ1n) is 5.84. The van der Waals surface area contributed by atoms with Gasteiger partial charge in [-0.3, -0.25) is 4.68 Å². The summed E-state index contributed by atoms with van der Waals surface area (Å²) in [6.45, 7) is 7.55. The number of hydrogen-bond donors (Lipinski definition) is 1. The Hall–Kier alpha value is -0.830. The highest BCUT2D eigenvalue weighted by Gasteiger charge is 2.49. The van der Waals surface area contributed by atoms with Crippen LogP contribution < -0.4 is 5.73 Å². The van der Waals surface area contributed by atoms with Crippen LogP contribution in [0.2, 0.25) is 0 Å². The molecule has 1 aromatic heterocycles. The Morgan fingerprint density at radius 3 is 2.60 bits per heavy atom. The fraction of sp³-hybridized carbons (Fsp3) is 0.750. The molecule has 0 spiro atoms. The molecule has 2 rings (SSSR count). The Kier molecular flexibility index (Phi) is 2.59. The van der Waals surface area contributed by atoms with Crippen molar-refractivity contribution in [3.63, 3.8) is 0 Å². The van der Waals surface area contributed by atoms with Crippen LogP contribution in [0.1, 0.15) is 39.3 Å². The Labute approximate surface area is 91.7 Å². The average molecular weight is 207 g/mol. The number of nitrogens with zero attached hydrogens (tertiary/aromatic N) is 2. The molecule has 0 amide bonds. The van der Waals surface area contributed by atoms with Gasteiger partial charge in [0.25, 0.3) is 0 Å². The lowest BCUT2D eigenvalue weighted by atomic mass is 9.94. The van der Waals surface area contributed by atoms with Gasteiger partial charge in [-0.2, -0.15) is 5.10 Å². The summed E-state index contributed by atoms with van der Waals surface area (Å²) in [5.74, 6) is 0.632. The van der Waals surface area contributed by atoms with E-state index in [0.29, 0.717) is 5.92 Å². The van der Waals surface area contributed by atoms with E-state index in [1.165, 1.54) is 18.5 Å². The molecule has 1 aliphatic carbocycles. The van der Waals surface area contributed by atoms with Crippen molar-refractivity contribution in [2.45, 2.75) is 51.6 Å². The van der Waals surface area contributed by atoms with E-state index in [1.54, 1.807) is 0 Å². The van der Waals surface area contributed by atoms with Gasteiger partial charge in [-0.1, -0.05) is 13.8 Å². The molecule has 1 aliphatic rings. The summed E-state index contributed by atoms with van der Waals surface area (Å²) in [5, 5.41) is 4.41. The molecule has 1 unspecified atom stereocenters. The van der Waals surface area contributed by atoms with Crippen molar-refractivity contribution in [1.29, 1.82) is 0 Å². The third-order valence-electron chi connectivity index (χ3n) is 3.43. The second-order valence-corrected chi connectivity index (χ2v) is 5.24. The van der Waals surface area contributed by atoms with E-state index in [1.807, 2.05) is 6.20 Å². The van der Waals surface area contributed by atoms with Crippen LogP contribution in [0, 0.1) is 5.92 Å². The van der Waals surface area contributed by atoms with E-state index >= 15 is 0 Å². The molecular weight excluding hydrogens is 186 g/mol. The Morgan fingerprint density at radius 2 is 2.13 bits per heavy atom. The van der Waals surface area contributed by atoms with Gasteiger partial charge in [0.15, 0.2) is 0 Å². The van der Waals surface area contributed by atoms with Gasteiger partial charge in [0.1, 0.15) is 0 Å². The van der Waals surface area contributed by atoms with Crippen molar-refractivity contribution in [3.8, 4) is 0 Å². The second-order valence-electron chi connectivity index (χ2n) is 5.24. The van der Waals surface area contributed by atoms with Crippen LogP contribution in [-0.4, -0.2) is 15.8 Å². The number of rotatable bonds is 4. The minimum atomic E-state index is 0.228. The van der Waals surface area contributed by atoms with E-state index in [0.717, 1.165) is 6.54 Å². The Morgan fingerprint density at radius 1 is 1.47 bits per heavy atom. The summed E-state index contributed by atoms with van der Waals surface area (Å²) in [4.78, 5) is 0. The molecule has 0 bridgehead atoms. The predicted molar refractivity (Wildman–Crippen MR) is 61.6 cm³/mol. The molecule has 0 aliphatic heterocycles. The minimum Gasteiger partial charge on any atom is -0.327 e. The van der Waals surface area contributed by atoms with Gasteiger partial charge >= 0.3 is 0 Å². The molecule has 15 heavy (non-hydrogen) atoms. The summed E-state index contributed by atoms with van der Waals surface area (Å²) in [5.41, 5.74) is 7.65. The van der Waals surface area contributed by atoms with Crippen LogP contribution in [0.15, 0.2) is 12.3 Å². The first-order chi connectivity index (χ1) is 7.06. The lowest BCUT2D eigenvalue weighted by molar-refractivity contribution is 0.430. The SMILES string of the molecule is CC(C)Cn1nccc1C1(C(C)N)CC1. The van der Waals surface area contributed by atoms with Crippen molar-refractivity contribution >= 4 is 0 Å². The maximum Gasteiger partial charge on any atom is 0.0492 e. The Bertz CT molecular complexity index is 334. The van der Waals surface area contributed by atoms with Crippen molar-refractivity contribution in [2.75, 3.05) is 0 Å². The van der Waals surface area contributed by atoms with Crippen LogP contribution in [0.5, 0.6) is 0 Å². The third-order valence-corrected chi connectivity index (χ3v) is 3.43.